The number of aromatic nitrogens is 2. The van der Waals surface area contributed by atoms with Gasteiger partial charge in [-0.3, -0.25) is 14.0 Å². The van der Waals surface area contributed by atoms with Crippen LogP contribution in [0.15, 0.2) is 73.1 Å². The van der Waals surface area contributed by atoms with Crippen LogP contribution in [0.3, 0.4) is 0 Å². The molecular formula is C33H38N5O6P. The lowest BCUT2D eigenvalue weighted by Gasteiger charge is -2.31. The van der Waals surface area contributed by atoms with Crippen molar-refractivity contribution in [1.82, 2.24) is 15.1 Å². The lowest BCUT2D eigenvalue weighted by molar-refractivity contribution is -0.118. The largest absolute Gasteiger partial charge is 0.493 e. The smallest absolute Gasteiger partial charge is 0.344 e. The van der Waals surface area contributed by atoms with Crippen LogP contribution in [0.4, 0.5) is 16.2 Å². The number of benzene rings is 3. The maximum atomic E-state index is 13.3. The number of urea groups is 1. The second kappa shape index (κ2) is 14.1. The number of hydrogen-bond donors (Lipinski definition) is 4. The van der Waals surface area contributed by atoms with Gasteiger partial charge in [-0.1, -0.05) is 36.4 Å². The van der Waals surface area contributed by atoms with E-state index in [-0.39, 0.29) is 5.91 Å². The summed E-state index contributed by atoms with van der Waals surface area (Å²) < 4.78 is 18.8. The average molecular weight is 632 g/mol. The number of ether oxygens (including phenoxy) is 1. The fourth-order valence-electron chi connectivity index (χ4n) is 5.45. The normalized spacial score (nSPS) is 12.8. The molecule has 3 aromatic carbocycles. The van der Waals surface area contributed by atoms with Crippen LogP contribution in [-0.2, 0) is 22.3 Å². The van der Waals surface area contributed by atoms with Gasteiger partial charge in [-0.15, -0.1) is 0 Å². The number of aryl methyl sites for hydroxylation is 1. The molecule has 4 N–H and O–H groups in total. The molecule has 0 saturated carbocycles. The van der Waals surface area contributed by atoms with Crippen molar-refractivity contribution in [2.45, 2.75) is 46.1 Å². The number of hydrogen-bond acceptors (Lipinski definition) is 5. The predicted molar refractivity (Wildman–Crippen MR) is 174 cm³/mol. The van der Waals surface area contributed by atoms with Gasteiger partial charge in [0, 0.05) is 36.1 Å². The summed E-state index contributed by atoms with van der Waals surface area (Å²) in [5.41, 5.74) is 7.76. The molecule has 0 unspecified atom stereocenters. The first-order chi connectivity index (χ1) is 21.6. The minimum atomic E-state index is -4.35. The fraction of sp³-hybridized carbons (Fsp3) is 0.303. The van der Waals surface area contributed by atoms with Gasteiger partial charge in [-0.2, -0.15) is 5.10 Å². The van der Waals surface area contributed by atoms with E-state index in [4.69, 9.17) is 14.5 Å². The molecule has 0 atom stereocenters. The van der Waals surface area contributed by atoms with Gasteiger partial charge in [0.15, 0.2) is 0 Å². The third-order valence-electron chi connectivity index (χ3n) is 7.82. The first-order valence-corrected chi connectivity index (χ1v) is 16.7. The molecule has 0 radical (unpaired) electrons. The van der Waals surface area contributed by atoms with Crippen molar-refractivity contribution in [3.63, 3.8) is 0 Å². The van der Waals surface area contributed by atoms with Gasteiger partial charge in [0.05, 0.1) is 19.3 Å². The van der Waals surface area contributed by atoms with E-state index in [1.165, 1.54) is 5.56 Å². The number of nitrogens with one attached hydrogen (secondary N) is 2. The van der Waals surface area contributed by atoms with Crippen LogP contribution in [-0.4, -0.2) is 50.9 Å². The topological polar surface area (TPSA) is 146 Å². The standard InChI is InChI=1S/C33H38N5O6P/c1-23-8-3-14-31(24(23)2)44-17-7-15-32(39)38-16-6-12-29-28(11-5-13-30(29)38)26-19-35-37(21-26)20-25-9-4-10-27(18-25)36-33(40)34-22-45(41,42)43/h3-5,8-11,13-14,18-19,21H,6-7,12,15-17,20,22H2,1-2H3,(H2,34,36,40)(H2,41,42,43). The van der Waals surface area contributed by atoms with Crippen molar-refractivity contribution in [3.8, 4) is 16.9 Å². The molecule has 0 saturated heterocycles. The van der Waals surface area contributed by atoms with Crippen LogP contribution >= 0.6 is 7.60 Å². The predicted octanol–water partition coefficient (Wildman–Crippen LogP) is 5.61. The van der Waals surface area contributed by atoms with Gasteiger partial charge in [-0.25, -0.2) is 4.79 Å². The number of anilines is 2. The lowest BCUT2D eigenvalue weighted by atomic mass is 9.93. The summed E-state index contributed by atoms with van der Waals surface area (Å²) in [6.07, 6.45) is 5.84. The second-order valence-electron chi connectivity index (χ2n) is 11.2. The molecule has 236 valence electrons. The van der Waals surface area contributed by atoms with Gasteiger partial charge in [0.1, 0.15) is 12.0 Å². The Hall–Kier alpha value is -4.44. The maximum Gasteiger partial charge on any atom is 0.344 e. The van der Waals surface area contributed by atoms with E-state index in [2.05, 4.69) is 34.8 Å². The highest BCUT2D eigenvalue weighted by Gasteiger charge is 2.25. The first-order valence-electron chi connectivity index (χ1n) is 14.9. The van der Waals surface area contributed by atoms with Crippen molar-refractivity contribution >= 4 is 30.9 Å². The minimum absolute atomic E-state index is 0.0947. The fourth-order valence-corrected chi connectivity index (χ4v) is 5.80. The highest BCUT2D eigenvalue weighted by molar-refractivity contribution is 7.51. The van der Waals surface area contributed by atoms with Gasteiger partial charge in [-0.05, 0) is 85.2 Å². The van der Waals surface area contributed by atoms with Crippen LogP contribution in [0, 0.1) is 13.8 Å². The lowest BCUT2D eigenvalue weighted by Crippen LogP contribution is -2.35. The molecule has 0 bridgehead atoms. The van der Waals surface area contributed by atoms with Crippen molar-refractivity contribution in [2.75, 3.05) is 29.7 Å². The van der Waals surface area contributed by atoms with Crippen molar-refractivity contribution < 1.29 is 28.7 Å². The van der Waals surface area contributed by atoms with Gasteiger partial charge < -0.3 is 30.1 Å². The van der Waals surface area contributed by atoms with Gasteiger partial charge in [0.2, 0.25) is 5.91 Å². The zero-order valence-corrected chi connectivity index (χ0v) is 26.3. The molecule has 1 aromatic heterocycles. The average Bonchev–Trinajstić information content (AvgIpc) is 3.47. The summed E-state index contributed by atoms with van der Waals surface area (Å²) in [7, 11) is -4.35. The summed E-state index contributed by atoms with van der Waals surface area (Å²) >= 11 is 0. The Bertz CT molecular complexity index is 1730. The quantitative estimate of drug-likeness (QED) is 0.124. The molecule has 2 heterocycles. The Balaban J connectivity index is 1.21. The second-order valence-corrected chi connectivity index (χ2v) is 12.8. The molecule has 4 aromatic rings. The summed E-state index contributed by atoms with van der Waals surface area (Å²) in [6.45, 7) is 5.72. The summed E-state index contributed by atoms with van der Waals surface area (Å²) in [5.74, 6) is 0.959. The van der Waals surface area contributed by atoms with Crippen molar-refractivity contribution in [2.24, 2.45) is 0 Å². The van der Waals surface area contributed by atoms with Crippen LogP contribution in [0.25, 0.3) is 11.1 Å². The molecule has 0 fully saturated rings. The number of rotatable bonds is 11. The Morgan fingerprint density at radius 3 is 2.69 bits per heavy atom. The summed E-state index contributed by atoms with van der Waals surface area (Å²) in [5, 5.41) is 9.30. The van der Waals surface area contributed by atoms with E-state index in [9.17, 15) is 14.2 Å². The van der Waals surface area contributed by atoms with E-state index in [1.54, 1.807) is 18.2 Å². The van der Waals surface area contributed by atoms with Crippen LogP contribution in [0.1, 0.15) is 41.5 Å². The highest BCUT2D eigenvalue weighted by atomic mass is 31.2. The van der Waals surface area contributed by atoms with E-state index < -0.39 is 19.9 Å². The monoisotopic (exact) mass is 631 g/mol. The Kier molecular flexibility index (Phi) is 10.0. The molecule has 12 heteroatoms. The zero-order chi connectivity index (χ0) is 32.0. The summed E-state index contributed by atoms with van der Waals surface area (Å²) in [4.78, 5) is 45.1. The molecule has 0 aliphatic carbocycles. The molecule has 5 rings (SSSR count). The summed E-state index contributed by atoms with van der Waals surface area (Å²) in [6, 6.07) is 18.5. The Labute approximate surface area is 262 Å². The number of carbonyl (C=O) groups is 2. The third kappa shape index (κ3) is 8.39. The van der Waals surface area contributed by atoms with E-state index in [1.807, 2.05) is 59.2 Å². The van der Waals surface area contributed by atoms with Crippen LogP contribution < -0.4 is 20.3 Å². The van der Waals surface area contributed by atoms with Gasteiger partial charge in [0.25, 0.3) is 0 Å². The molecule has 1 aliphatic heterocycles. The SMILES string of the molecule is Cc1cccc(OCCCC(=O)N2CCCc3c(-c4cnn(Cc5cccc(NC(=O)NCP(=O)(O)O)c5)c4)cccc32)c1C. The van der Waals surface area contributed by atoms with E-state index >= 15 is 0 Å². The molecule has 3 amide bonds. The number of nitrogens with zero attached hydrogens (tertiary/aromatic N) is 3. The molecule has 1 aliphatic rings. The highest BCUT2D eigenvalue weighted by Crippen LogP contribution is 2.36. The molecule has 45 heavy (non-hydrogen) atoms. The van der Waals surface area contributed by atoms with Crippen LogP contribution in [0.5, 0.6) is 5.75 Å². The van der Waals surface area contributed by atoms with Gasteiger partial charge >= 0.3 is 13.6 Å². The maximum absolute atomic E-state index is 13.3. The van der Waals surface area contributed by atoms with Crippen molar-refractivity contribution in [3.05, 3.63) is 95.3 Å². The van der Waals surface area contributed by atoms with E-state index in [0.29, 0.717) is 38.2 Å². The van der Waals surface area contributed by atoms with E-state index in [0.717, 1.165) is 52.1 Å². The Morgan fingerprint density at radius 1 is 1.07 bits per heavy atom. The third-order valence-corrected chi connectivity index (χ3v) is 8.39. The number of carbonyl (C=O) groups excluding carboxylic acids is 2. The minimum Gasteiger partial charge on any atom is -0.493 e. The van der Waals surface area contributed by atoms with Crippen molar-refractivity contribution in [1.29, 1.82) is 0 Å². The number of fused-ring (bicyclic) bond motifs is 1. The molecule has 0 spiro atoms. The number of amides is 3. The first kappa shape index (κ1) is 32.0. The zero-order valence-electron chi connectivity index (χ0n) is 25.4. The molecule has 11 nitrogen and oxygen atoms in total. The molecular weight excluding hydrogens is 593 g/mol. The Morgan fingerprint density at radius 2 is 1.87 bits per heavy atom. The van der Waals surface area contributed by atoms with Crippen LogP contribution in [0.2, 0.25) is 0 Å².